The van der Waals surface area contributed by atoms with Crippen LogP contribution in [0.4, 0.5) is 0 Å². The first kappa shape index (κ1) is 18.3. The number of carbonyl (C=O) groups excluding carboxylic acids is 1. The van der Waals surface area contributed by atoms with Crippen LogP contribution >= 0.6 is 0 Å². The van der Waals surface area contributed by atoms with Gasteiger partial charge in [0.15, 0.2) is 5.79 Å². The average molecular weight is 326 g/mol. The summed E-state index contributed by atoms with van der Waals surface area (Å²) in [4.78, 5) is 11.6. The smallest absolute Gasteiger partial charge is 0.308 e. The molecule has 0 bridgehead atoms. The largest absolute Gasteiger partial charge is 0.466 e. The van der Waals surface area contributed by atoms with E-state index in [1.54, 1.807) is 6.92 Å². The van der Waals surface area contributed by atoms with E-state index in [-0.39, 0.29) is 19.4 Å². The molecule has 124 valence electrons. The van der Waals surface area contributed by atoms with E-state index in [9.17, 15) is 18.3 Å². The number of rotatable bonds is 7. The van der Waals surface area contributed by atoms with E-state index in [1.165, 1.54) is 14.2 Å². The lowest BCUT2D eigenvalue weighted by Crippen LogP contribution is -2.43. The highest BCUT2D eigenvalue weighted by molar-refractivity contribution is 7.86. The van der Waals surface area contributed by atoms with Gasteiger partial charge < -0.3 is 19.3 Å². The first-order chi connectivity index (χ1) is 9.60. The maximum absolute atomic E-state index is 11.6. The standard InChI is InChI=1S/C12H22O8S/c1-5-19-10(13)7-11(14)8-12(17-2,18-3)6-9(11)20-21(4,15)16/h9,14H,5-8H2,1-4H3. The van der Waals surface area contributed by atoms with E-state index in [0.29, 0.717) is 0 Å². The lowest BCUT2D eigenvalue weighted by molar-refractivity contribution is -0.210. The number of aliphatic hydroxyl groups is 1. The molecule has 0 aromatic rings. The summed E-state index contributed by atoms with van der Waals surface area (Å²) in [7, 11) is -1.07. The molecule has 0 amide bonds. The van der Waals surface area contributed by atoms with Gasteiger partial charge in [0.25, 0.3) is 10.1 Å². The number of hydrogen-bond donors (Lipinski definition) is 1. The lowest BCUT2D eigenvalue weighted by Gasteiger charge is -2.29. The van der Waals surface area contributed by atoms with Gasteiger partial charge in [0.1, 0.15) is 11.7 Å². The normalized spacial score (nSPS) is 28.5. The Morgan fingerprint density at radius 3 is 2.33 bits per heavy atom. The Labute approximate surface area is 124 Å². The van der Waals surface area contributed by atoms with Gasteiger partial charge in [0.05, 0.1) is 19.3 Å². The van der Waals surface area contributed by atoms with Gasteiger partial charge in [-0.2, -0.15) is 8.42 Å². The Hall–Kier alpha value is -0.740. The molecule has 1 rings (SSSR count). The molecule has 21 heavy (non-hydrogen) atoms. The summed E-state index contributed by atoms with van der Waals surface area (Å²) >= 11 is 0. The number of carbonyl (C=O) groups is 1. The number of methoxy groups -OCH3 is 2. The monoisotopic (exact) mass is 326 g/mol. The van der Waals surface area contributed by atoms with Crippen molar-refractivity contribution in [1.29, 1.82) is 0 Å². The van der Waals surface area contributed by atoms with Crippen molar-refractivity contribution in [2.24, 2.45) is 0 Å². The number of ether oxygens (including phenoxy) is 3. The molecule has 1 aliphatic rings. The van der Waals surface area contributed by atoms with Crippen LogP contribution in [0.25, 0.3) is 0 Å². The highest BCUT2D eigenvalue weighted by Crippen LogP contribution is 2.44. The van der Waals surface area contributed by atoms with Crippen molar-refractivity contribution in [1.82, 2.24) is 0 Å². The summed E-state index contributed by atoms with van der Waals surface area (Å²) in [6.45, 7) is 1.79. The van der Waals surface area contributed by atoms with Crippen LogP contribution in [0.2, 0.25) is 0 Å². The fraction of sp³-hybridized carbons (Fsp3) is 0.917. The molecule has 0 aromatic carbocycles. The van der Waals surface area contributed by atoms with E-state index >= 15 is 0 Å². The summed E-state index contributed by atoms with van der Waals surface area (Å²) in [5, 5.41) is 10.7. The quantitative estimate of drug-likeness (QED) is 0.389. The molecular formula is C12H22O8S. The first-order valence-electron chi connectivity index (χ1n) is 6.46. The molecule has 0 heterocycles. The van der Waals surface area contributed by atoms with Gasteiger partial charge in [-0.05, 0) is 6.92 Å². The molecule has 2 atom stereocenters. The number of esters is 1. The summed E-state index contributed by atoms with van der Waals surface area (Å²) in [6.07, 6.45) is -0.821. The maximum Gasteiger partial charge on any atom is 0.308 e. The minimum Gasteiger partial charge on any atom is -0.466 e. The zero-order chi connectivity index (χ0) is 16.3. The fourth-order valence-electron chi connectivity index (χ4n) is 2.49. The van der Waals surface area contributed by atoms with E-state index in [1.807, 2.05) is 0 Å². The predicted octanol–water partition coefficient (Wildman–Crippen LogP) is -0.202. The molecule has 0 spiro atoms. The Kier molecular flexibility index (Phi) is 5.73. The first-order valence-corrected chi connectivity index (χ1v) is 8.28. The van der Waals surface area contributed by atoms with Gasteiger partial charge in [-0.3, -0.25) is 8.98 Å². The van der Waals surface area contributed by atoms with Crippen molar-refractivity contribution in [3.05, 3.63) is 0 Å². The molecule has 0 saturated heterocycles. The zero-order valence-corrected chi connectivity index (χ0v) is 13.4. The van der Waals surface area contributed by atoms with Crippen molar-refractivity contribution in [2.45, 2.75) is 43.7 Å². The summed E-state index contributed by atoms with van der Waals surface area (Å²) in [6, 6.07) is 0. The summed E-state index contributed by atoms with van der Waals surface area (Å²) < 4.78 is 42.8. The van der Waals surface area contributed by atoms with Crippen LogP contribution < -0.4 is 0 Å². The van der Waals surface area contributed by atoms with Crippen molar-refractivity contribution in [2.75, 3.05) is 27.1 Å². The fourth-order valence-corrected chi connectivity index (χ4v) is 3.16. The van der Waals surface area contributed by atoms with Crippen LogP contribution in [0.1, 0.15) is 26.2 Å². The van der Waals surface area contributed by atoms with Crippen LogP contribution in [-0.4, -0.2) is 64.1 Å². The Morgan fingerprint density at radius 2 is 1.90 bits per heavy atom. The third-order valence-electron chi connectivity index (χ3n) is 3.46. The second kappa shape index (κ2) is 6.57. The van der Waals surface area contributed by atoms with Crippen LogP contribution in [0.15, 0.2) is 0 Å². The topological polar surface area (TPSA) is 108 Å². The molecule has 9 heteroatoms. The predicted molar refractivity (Wildman–Crippen MR) is 71.9 cm³/mol. The molecule has 1 saturated carbocycles. The highest BCUT2D eigenvalue weighted by atomic mass is 32.2. The van der Waals surface area contributed by atoms with Crippen molar-refractivity contribution >= 4 is 16.1 Å². The van der Waals surface area contributed by atoms with E-state index in [0.717, 1.165) is 6.26 Å². The lowest BCUT2D eigenvalue weighted by atomic mass is 9.95. The van der Waals surface area contributed by atoms with E-state index in [2.05, 4.69) is 0 Å². The molecule has 0 aromatic heterocycles. The SMILES string of the molecule is CCOC(=O)CC1(O)CC(OC)(OC)CC1OS(C)(=O)=O. The Balaban J connectivity index is 3.02. The molecule has 1 N–H and O–H groups in total. The van der Waals surface area contributed by atoms with E-state index < -0.39 is 40.0 Å². The zero-order valence-electron chi connectivity index (χ0n) is 12.6. The summed E-state index contributed by atoms with van der Waals surface area (Å²) in [5.41, 5.74) is -1.75. The number of hydrogen-bond acceptors (Lipinski definition) is 8. The molecular weight excluding hydrogens is 304 g/mol. The van der Waals surface area contributed by atoms with Crippen LogP contribution in [0.5, 0.6) is 0 Å². The van der Waals surface area contributed by atoms with Crippen LogP contribution in [0.3, 0.4) is 0 Å². The van der Waals surface area contributed by atoms with Crippen LogP contribution in [-0.2, 0) is 33.3 Å². The van der Waals surface area contributed by atoms with Gasteiger partial charge in [-0.1, -0.05) is 0 Å². The Morgan fingerprint density at radius 1 is 1.33 bits per heavy atom. The molecule has 1 fully saturated rings. The molecule has 1 aliphatic carbocycles. The van der Waals surface area contributed by atoms with Crippen LogP contribution in [0, 0.1) is 0 Å². The van der Waals surface area contributed by atoms with Gasteiger partial charge in [-0.25, -0.2) is 0 Å². The molecule has 0 aliphatic heterocycles. The maximum atomic E-state index is 11.6. The second-order valence-corrected chi connectivity index (χ2v) is 6.67. The van der Waals surface area contributed by atoms with Crippen molar-refractivity contribution in [3.8, 4) is 0 Å². The third kappa shape index (κ3) is 4.62. The Bertz CT molecular complexity index is 470. The van der Waals surface area contributed by atoms with E-state index in [4.69, 9.17) is 18.4 Å². The summed E-state index contributed by atoms with van der Waals surface area (Å²) in [5.74, 6) is -1.86. The van der Waals surface area contributed by atoms with Gasteiger partial charge in [-0.15, -0.1) is 0 Å². The highest BCUT2D eigenvalue weighted by Gasteiger charge is 2.58. The second-order valence-electron chi connectivity index (χ2n) is 5.07. The minimum atomic E-state index is -3.82. The molecule has 0 radical (unpaired) electrons. The molecule has 8 nitrogen and oxygen atoms in total. The molecule has 2 unspecified atom stereocenters. The van der Waals surface area contributed by atoms with Gasteiger partial charge in [0.2, 0.25) is 0 Å². The van der Waals surface area contributed by atoms with Crippen molar-refractivity contribution in [3.63, 3.8) is 0 Å². The van der Waals surface area contributed by atoms with Gasteiger partial charge >= 0.3 is 5.97 Å². The third-order valence-corrected chi connectivity index (χ3v) is 4.04. The minimum absolute atomic E-state index is 0.0248. The van der Waals surface area contributed by atoms with Crippen molar-refractivity contribution < 1.29 is 36.7 Å². The van der Waals surface area contributed by atoms with Gasteiger partial charge in [0, 0.05) is 27.1 Å². The average Bonchev–Trinajstić information content (AvgIpc) is 2.61.